The topological polar surface area (TPSA) is 24.9 Å². The number of thiazole rings is 1. The van der Waals surface area contributed by atoms with Crippen molar-refractivity contribution in [2.45, 2.75) is 6.42 Å². The molecule has 0 radical (unpaired) electrons. The van der Waals surface area contributed by atoms with Crippen molar-refractivity contribution < 1.29 is 0 Å². The molecule has 0 aromatic carbocycles. The second-order valence-electron chi connectivity index (χ2n) is 2.79. The Bertz CT molecular complexity index is 244. The van der Waals surface area contributed by atoms with E-state index in [2.05, 4.69) is 32.9 Å². The first kappa shape index (κ1) is 7.94. The summed E-state index contributed by atoms with van der Waals surface area (Å²) in [4.78, 5) is 4.32. The highest BCUT2D eigenvalue weighted by Gasteiger charge is 2.18. The van der Waals surface area contributed by atoms with E-state index in [1.165, 1.54) is 27.4 Å². The zero-order chi connectivity index (χ0) is 7.68. The average molecular weight is 280 g/mol. The Morgan fingerprint density at radius 2 is 2.55 bits per heavy atom. The molecule has 2 rings (SSSR count). The van der Waals surface area contributed by atoms with Gasteiger partial charge in [0, 0.05) is 6.42 Å². The van der Waals surface area contributed by atoms with Gasteiger partial charge in [0.25, 0.3) is 0 Å². The number of rotatable bonds is 2. The summed E-state index contributed by atoms with van der Waals surface area (Å²) < 4.78 is 1.30. The van der Waals surface area contributed by atoms with Crippen molar-refractivity contribution >= 4 is 33.9 Å². The molecule has 0 saturated carbocycles. The molecule has 0 unspecified atom stereocenters. The zero-order valence-corrected chi connectivity index (χ0v) is 8.98. The normalized spacial score (nSPS) is 18.3. The Morgan fingerprint density at radius 1 is 1.73 bits per heavy atom. The van der Waals surface area contributed by atoms with Crippen molar-refractivity contribution in [1.82, 2.24) is 10.3 Å². The maximum Gasteiger partial charge on any atom is 0.0939 e. The Balaban J connectivity index is 1.95. The molecule has 0 bridgehead atoms. The molecule has 2 heterocycles. The number of hydrogen-bond donors (Lipinski definition) is 1. The van der Waals surface area contributed by atoms with Gasteiger partial charge in [-0.3, -0.25) is 0 Å². The molecule has 1 N–H and O–H groups in total. The third-order valence-corrected chi connectivity index (χ3v) is 3.60. The van der Waals surface area contributed by atoms with Gasteiger partial charge in [0.05, 0.1) is 14.1 Å². The molecule has 4 heteroatoms. The minimum atomic E-state index is 0.844. The minimum absolute atomic E-state index is 0.844. The van der Waals surface area contributed by atoms with Crippen LogP contribution in [0, 0.1) is 8.80 Å². The van der Waals surface area contributed by atoms with E-state index in [9.17, 15) is 0 Å². The summed E-state index contributed by atoms with van der Waals surface area (Å²) in [5.74, 6) is 0.844. The van der Waals surface area contributed by atoms with Gasteiger partial charge in [0.2, 0.25) is 0 Å². The van der Waals surface area contributed by atoms with Crippen LogP contribution in [-0.2, 0) is 6.42 Å². The molecule has 1 saturated heterocycles. The molecule has 0 atom stereocenters. The molecule has 0 amide bonds. The van der Waals surface area contributed by atoms with Gasteiger partial charge in [0.1, 0.15) is 0 Å². The van der Waals surface area contributed by atoms with E-state index >= 15 is 0 Å². The van der Waals surface area contributed by atoms with Crippen LogP contribution in [-0.4, -0.2) is 18.1 Å². The van der Waals surface area contributed by atoms with Crippen LogP contribution in [0.2, 0.25) is 0 Å². The van der Waals surface area contributed by atoms with Gasteiger partial charge in [-0.2, -0.15) is 0 Å². The van der Waals surface area contributed by atoms with Crippen LogP contribution in [0.4, 0.5) is 0 Å². The fraction of sp³-hybridized carbons (Fsp3) is 0.571. The van der Waals surface area contributed by atoms with Gasteiger partial charge in [0.15, 0.2) is 0 Å². The van der Waals surface area contributed by atoms with Crippen molar-refractivity contribution in [2.75, 3.05) is 13.1 Å². The molecule has 0 spiro atoms. The number of hydrogen-bond acceptors (Lipinski definition) is 3. The summed E-state index contributed by atoms with van der Waals surface area (Å²) in [5.41, 5.74) is 0. The average Bonchev–Trinajstić information content (AvgIpc) is 2.27. The summed E-state index contributed by atoms with van der Waals surface area (Å²) in [5, 5.41) is 4.56. The van der Waals surface area contributed by atoms with E-state index in [1.807, 2.05) is 17.5 Å². The molecular formula is C7H9IN2S. The molecule has 1 aromatic heterocycles. The number of halogens is 1. The van der Waals surface area contributed by atoms with E-state index in [-0.39, 0.29) is 0 Å². The van der Waals surface area contributed by atoms with Gasteiger partial charge in [-0.05, 0) is 41.6 Å². The third kappa shape index (κ3) is 1.91. The van der Waals surface area contributed by atoms with Crippen molar-refractivity contribution in [2.24, 2.45) is 5.92 Å². The van der Waals surface area contributed by atoms with Gasteiger partial charge in [-0.1, -0.05) is 0 Å². The Kier molecular flexibility index (Phi) is 2.43. The highest BCUT2D eigenvalue weighted by molar-refractivity contribution is 14.1. The van der Waals surface area contributed by atoms with Gasteiger partial charge in [-0.25, -0.2) is 4.98 Å². The Labute approximate surface area is 83.6 Å². The van der Waals surface area contributed by atoms with E-state index in [4.69, 9.17) is 0 Å². The zero-order valence-electron chi connectivity index (χ0n) is 6.01. The van der Waals surface area contributed by atoms with E-state index < -0.39 is 0 Å². The fourth-order valence-corrected chi connectivity index (χ4v) is 2.78. The standard InChI is InChI=1S/C7H9IN2S/c8-6-4-10-7(11-6)1-5-2-9-3-5/h4-5,9H,1-3H2. The van der Waals surface area contributed by atoms with Crippen LogP contribution in [0.25, 0.3) is 0 Å². The van der Waals surface area contributed by atoms with E-state index in [1.54, 1.807) is 0 Å². The van der Waals surface area contributed by atoms with Crippen molar-refractivity contribution in [1.29, 1.82) is 0 Å². The number of nitrogens with zero attached hydrogens (tertiary/aromatic N) is 1. The molecule has 1 aromatic rings. The molecule has 11 heavy (non-hydrogen) atoms. The fourth-order valence-electron chi connectivity index (χ4n) is 1.12. The first-order valence-electron chi connectivity index (χ1n) is 3.65. The summed E-state index contributed by atoms with van der Waals surface area (Å²) >= 11 is 4.13. The van der Waals surface area contributed by atoms with Crippen LogP contribution >= 0.6 is 33.9 Å². The van der Waals surface area contributed by atoms with Crippen LogP contribution in [0.5, 0.6) is 0 Å². The predicted molar refractivity (Wildman–Crippen MR) is 54.9 cm³/mol. The quantitative estimate of drug-likeness (QED) is 0.831. The van der Waals surface area contributed by atoms with Crippen LogP contribution in [0.3, 0.4) is 0 Å². The van der Waals surface area contributed by atoms with Crippen LogP contribution < -0.4 is 5.32 Å². The lowest BCUT2D eigenvalue weighted by Gasteiger charge is -2.25. The summed E-state index contributed by atoms with van der Waals surface area (Å²) in [7, 11) is 0. The van der Waals surface area contributed by atoms with Crippen LogP contribution in [0.15, 0.2) is 6.20 Å². The molecule has 1 aliphatic rings. The molecule has 60 valence electrons. The highest BCUT2D eigenvalue weighted by atomic mass is 127. The molecule has 0 aliphatic carbocycles. The molecule has 1 fully saturated rings. The SMILES string of the molecule is Ic1cnc(CC2CNC2)s1. The Hall–Kier alpha value is 0.320. The lowest BCUT2D eigenvalue weighted by atomic mass is 10.0. The van der Waals surface area contributed by atoms with Gasteiger partial charge >= 0.3 is 0 Å². The van der Waals surface area contributed by atoms with Gasteiger partial charge < -0.3 is 5.32 Å². The van der Waals surface area contributed by atoms with E-state index in [0.717, 1.165) is 5.92 Å². The molecular weight excluding hydrogens is 271 g/mol. The smallest absolute Gasteiger partial charge is 0.0939 e. The maximum atomic E-state index is 4.32. The van der Waals surface area contributed by atoms with Crippen molar-refractivity contribution in [3.05, 3.63) is 14.1 Å². The lowest BCUT2D eigenvalue weighted by Crippen LogP contribution is -2.43. The van der Waals surface area contributed by atoms with E-state index in [0.29, 0.717) is 0 Å². The van der Waals surface area contributed by atoms with Crippen molar-refractivity contribution in [3.8, 4) is 0 Å². The first-order chi connectivity index (χ1) is 5.34. The second kappa shape index (κ2) is 3.37. The summed E-state index contributed by atoms with van der Waals surface area (Å²) in [6, 6.07) is 0. The minimum Gasteiger partial charge on any atom is -0.316 e. The molecule has 1 aliphatic heterocycles. The summed E-state index contributed by atoms with van der Waals surface area (Å²) in [6.45, 7) is 2.35. The second-order valence-corrected chi connectivity index (χ2v) is 5.80. The third-order valence-electron chi connectivity index (χ3n) is 1.85. The number of nitrogens with one attached hydrogen (secondary N) is 1. The van der Waals surface area contributed by atoms with Crippen molar-refractivity contribution in [3.63, 3.8) is 0 Å². The van der Waals surface area contributed by atoms with Crippen LogP contribution in [0.1, 0.15) is 5.01 Å². The lowest BCUT2D eigenvalue weighted by molar-refractivity contribution is 0.346. The van der Waals surface area contributed by atoms with Gasteiger partial charge in [-0.15, -0.1) is 11.3 Å². The summed E-state index contributed by atoms with van der Waals surface area (Å²) in [6.07, 6.45) is 3.12. The highest BCUT2D eigenvalue weighted by Crippen LogP contribution is 2.19. The largest absolute Gasteiger partial charge is 0.316 e. The maximum absolute atomic E-state index is 4.32. The Morgan fingerprint density at radius 3 is 3.00 bits per heavy atom. The predicted octanol–water partition coefficient (Wildman–Crippen LogP) is 1.51. The monoisotopic (exact) mass is 280 g/mol. The molecule has 2 nitrogen and oxygen atoms in total. The first-order valence-corrected chi connectivity index (χ1v) is 5.55. The number of aromatic nitrogens is 1.